The molecule has 3 saturated carbocycles. The smallest absolute Gasteiger partial charge is 0.159 e. The van der Waals surface area contributed by atoms with Crippen LogP contribution in [0.5, 0.6) is 0 Å². The summed E-state index contributed by atoms with van der Waals surface area (Å²) in [6, 6.07) is 0. The Morgan fingerprint density at radius 1 is 1.20 bits per heavy atom. The summed E-state index contributed by atoms with van der Waals surface area (Å²) in [4.78, 5) is 18.6. The summed E-state index contributed by atoms with van der Waals surface area (Å²) in [5.74, 6) is 1.05. The number of ketones is 1. The van der Waals surface area contributed by atoms with Crippen LogP contribution in [-0.2, 0) is 9.63 Å². The number of aliphatic hydroxyl groups excluding tert-OH is 2. The first-order valence-electron chi connectivity index (χ1n) is 11.6. The van der Waals surface area contributed by atoms with Crippen molar-refractivity contribution in [2.45, 2.75) is 77.9 Å². The molecule has 5 nitrogen and oxygen atoms in total. The fourth-order valence-electron chi connectivity index (χ4n) is 7.43. The predicted molar refractivity (Wildman–Crippen MR) is 117 cm³/mol. The molecule has 0 aromatic carbocycles. The fourth-order valence-corrected chi connectivity index (χ4v) is 7.43. The summed E-state index contributed by atoms with van der Waals surface area (Å²) in [7, 11) is 0. The van der Waals surface area contributed by atoms with Crippen molar-refractivity contribution in [3.8, 4) is 0 Å². The lowest BCUT2D eigenvalue weighted by Crippen LogP contribution is -2.55. The molecule has 0 aromatic rings. The van der Waals surface area contributed by atoms with Gasteiger partial charge >= 0.3 is 0 Å². The van der Waals surface area contributed by atoms with Crippen LogP contribution in [0.2, 0.25) is 0 Å². The van der Waals surface area contributed by atoms with E-state index < -0.39 is 12.2 Å². The Morgan fingerprint density at radius 2 is 1.93 bits per heavy atom. The monoisotopic (exact) mass is 415 g/mol. The van der Waals surface area contributed by atoms with Crippen LogP contribution in [0.4, 0.5) is 0 Å². The highest BCUT2D eigenvalue weighted by molar-refractivity contribution is 5.95. The molecule has 3 fully saturated rings. The number of carbonyl (C=O) groups is 1. The minimum atomic E-state index is -0.786. The number of rotatable bonds is 5. The molecule has 4 aliphatic carbocycles. The van der Waals surface area contributed by atoms with Gasteiger partial charge in [0.05, 0.1) is 17.9 Å². The molecule has 0 aliphatic heterocycles. The minimum absolute atomic E-state index is 0.0913. The molecule has 166 valence electrons. The first-order valence-corrected chi connectivity index (χ1v) is 11.6. The Hall–Kier alpha value is -1.46. The third-order valence-electron chi connectivity index (χ3n) is 9.05. The molecule has 0 amide bonds. The summed E-state index contributed by atoms with van der Waals surface area (Å²) >= 11 is 0. The van der Waals surface area contributed by atoms with Crippen molar-refractivity contribution in [2.75, 3.05) is 6.61 Å². The SMILES string of the molecule is C=CCCO/N=C(/C)C1CCC2C3=CC(=O)C4CC(O)[C@@H](O)CC4(C)C3CCC21C. The molecule has 0 bridgehead atoms. The molecular weight excluding hydrogens is 378 g/mol. The van der Waals surface area contributed by atoms with Gasteiger partial charge in [-0.1, -0.05) is 30.7 Å². The third-order valence-corrected chi connectivity index (χ3v) is 9.05. The van der Waals surface area contributed by atoms with E-state index in [9.17, 15) is 15.0 Å². The van der Waals surface area contributed by atoms with Gasteiger partial charge in [0.1, 0.15) is 6.61 Å². The molecule has 0 saturated heterocycles. The zero-order valence-corrected chi connectivity index (χ0v) is 18.6. The Bertz CT molecular complexity index is 773. The molecule has 0 radical (unpaired) electrons. The molecule has 8 atom stereocenters. The molecule has 5 heteroatoms. The molecule has 7 unspecified atom stereocenters. The molecule has 0 spiro atoms. The van der Waals surface area contributed by atoms with Crippen LogP contribution in [0, 0.1) is 34.5 Å². The second-order valence-electron chi connectivity index (χ2n) is 10.6. The van der Waals surface area contributed by atoms with Crippen molar-refractivity contribution in [3.05, 3.63) is 24.3 Å². The van der Waals surface area contributed by atoms with Crippen LogP contribution in [0.15, 0.2) is 29.5 Å². The summed E-state index contributed by atoms with van der Waals surface area (Å²) in [5.41, 5.74) is 2.20. The molecule has 4 rings (SSSR count). The van der Waals surface area contributed by atoms with E-state index in [1.807, 2.05) is 12.2 Å². The minimum Gasteiger partial charge on any atom is -0.396 e. The van der Waals surface area contributed by atoms with Gasteiger partial charge in [-0.2, -0.15) is 0 Å². The van der Waals surface area contributed by atoms with Gasteiger partial charge in [0, 0.05) is 18.3 Å². The fraction of sp³-hybridized carbons (Fsp3) is 0.760. The van der Waals surface area contributed by atoms with E-state index in [-0.39, 0.29) is 22.5 Å². The van der Waals surface area contributed by atoms with E-state index in [2.05, 4.69) is 32.5 Å². The standard InChI is InChI=1S/C25H37NO4/c1-5-6-11-30-26-15(2)17-7-8-18-16-12-21(27)20-13-22(28)23(29)14-25(20,4)19(16)9-10-24(17,18)3/h5,12,17-20,22-23,28-29H,1,6-11,13-14H2,2-4H3/b26-15-/t17?,18?,19?,20?,22?,23-,24?,25?/m0/s1. The lowest BCUT2D eigenvalue weighted by Gasteiger charge is -2.57. The normalized spacial score (nSPS) is 45.8. The Labute approximate surface area is 180 Å². The topological polar surface area (TPSA) is 79.1 Å². The Morgan fingerprint density at radius 3 is 2.67 bits per heavy atom. The van der Waals surface area contributed by atoms with Gasteiger partial charge in [0.25, 0.3) is 0 Å². The van der Waals surface area contributed by atoms with E-state index in [0.717, 1.165) is 37.8 Å². The highest BCUT2D eigenvalue weighted by Gasteiger charge is 2.60. The summed E-state index contributed by atoms with van der Waals surface area (Å²) in [5, 5.41) is 25.0. The largest absolute Gasteiger partial charge is 0.396 e. The van der Waals surface area contributed by atoms with Crippen molar-refractivity contribution < 1.29 is 19.8 Å². The lowest BCUT2D eigenvalue weighted by molar-refractivity contribution is -0.142. The number of carbonyl (C=O) groups excluding carboxylic acids is 1. The lowest BCUT2D eigenvalue weighted by atomic mass is 9.47. The molecule has 4 aliphatic rings. The Balaban J connectivity index is 1.60. The molecule has 0 heterocycles. The van der Waals surface area contributed by atoms with Crippen molar-refractivity contribution in [3.63, 3.8) is 0 Å². The quantitative estimate of drug-likeness (QED) is 0.307. The maximum Gasteiger partial charge on any atom is 0.159 e. The van der Waals surface area contributed by atoms with Crippen molar-refractivity contribution >= 4 is 11.5 Å². The van der Waals surface area contributed by atoms with Crippen LogP contribution < -0.4 is 0 Å². The van der Waals surface area contributed by atoms with E-state index in [1.165, 1.54) is 5.57 Å². The molecule has 30 heavy (non-hydrogen) atoms. The van der Waals surface area contributed by atoms with E-state index >= 15 is 0 Å². The number of hydrogen-bond acceptors (Lipinski definition) is 5. The van der Waals surface area contributed by atoms with Crippen molar-refractivity contribution in [1.82, 2.24) is 0 Å². The van der Waals surface area contributed by atoms with Crippen molar-refractivity contribution in [1.29, 1.82) is 0 Å². The first-order chi connectivity index (χ1) is 14.2. The number of oxime groups is 1. The number of aliphatic hydroxyl groups is 2. The molecule has 2 N–H and O–H groups in total. The second-order valence-corrected chi connectivity index (χ2v) is 10.6. The first kappa shape index (κ1) is 21.8. The molecular formula is C25H37NO4. The van der Waals surface area contributed by atoms with Crippen LogP contribution in [0.25, 0.3) is 0 Å². The average Bonchev–Trinajstić information content (AvgIpc) is 3.05. The van der Waals surface area contributed by atoms with Gasteiger partial charge < -0.3 is 15.1 Å². The second kappa shape index (κ2) is 7.90. The number of nitrogens with zero attached hydrogens (tertiary/aromatic N) is 1. The number of fused-ring (bicyclic) bond motifs is 5. The third kappa shape index (κ3) is 3.29. The van der Waals surface area contributed by atoms with Crippen molar-refractivity contribution in [2.24, 2.45) is 39.7 Å². The predicted octanol–water partition coefficient (Wildman–Crippen LogP) is 4.04. The summed E-state index contributed by atoms with van der Waals surface area (Å²) in [6.45, 7) is 10.9. The van der Waals surface area contributed by atoms with E-state index in [4.69, 9.17) is 4.84 Å². The summed E-state index contributed by atoms with van der Waals surface area (Å²) < 4.78 is 0. The van der Waals surface area contributed by atoms with Gasteiger partial charge in [0.2, 0.25) is 0 Å². The van der Waals surface area contributed by atoms with E-state index in [0.29, 0.717) is 37.2 Å². The summed E-state index contributed by atoms with van der Waals surface area (Å²) in [6.07, 6.45) is 8.20. The van der Waals surface area contributed by atoms with Gasteiger partial charge in [-0.25, -0.2) is 0 Å². The Kier molecular flexibility index (Phi) is 5.73. The maximum absolute atomic E-state index is 13.1. The maximum atomic E-state index is 13.1. The zero-order chi connectivity index (χ0) is 21.7. The van der Waals surface area contributed by atoms with Crippen LogP contribution >= 0.6 is 0 Å². The van der Waals surface area contributed by atoms with E-state index in [1.54, 1.807) is 0 Å². The number of allylic oxidation sites excluding steroid dienone is 2. The highest BCUT2D eigenvalue weighted by Crippen LogP contribution is 2.65. The zero-order valence-electron chi connectivity index (χ0n) is 18.6. The van der Waals surface area contributed by atoms with Gasteiger partial charge in [-0.15, -0.1) is 6.58 Å². The highest BCUT2D eigenvalue weighted by atomic mass is 16.6. The number of hydrogen-bond donors (Lipinski definition) is 2. The molecule has 0 aromatic heterocycles. The average molecular weight is 416 g/mol. The van der Waals surface area contributed by atoms with Gasteiger partial charge in [0.15, 0.2) is 5.78 Å². The van der Waals surface area contributed by atoms with Gasteiger partial charge in [-0.05, 0) is 74.2 Å². The van der Waals surface area contributed by atoms with Crippen LogP contribution in [0.1, 0.15) is 65.7 Å². The van der Waals surface area contributed by atoms with Crippen LogP contribution in [-0.4, -0.2) is 40.5 Å². The van der Waals surface area contributed by atoms with Crippen LogP contribution in [0.3, 0.4) is 0 Å². The van der Waals surface area contributed by atoms with Gasteiger partial charge in [-0.3, -0.25) is 4.79 Å².